The molecule has 2 N–H and O–H groups in total. The number of hydrogen-bond acceptors (Lipinski definition) is 3. The zero-order valence-electron chi connectivity index (χ0n) is 6.58. The number of ether oxygens (including phenoxy) is 1. The van der Waals surface area contributed by atoms with Crippen molar-refractivity contribution in [2.24, 2.45) is 0 Å². The first-order chi connectivity index (χ1) is 6.22. The minimum atomic E-state index is -0.253. The first-order valence-corrected chi connectivity index (χ1v) is 7.88. The van der Waals surface area contributed by atoms with Crippen molar-refractivity contribution in [3.63, 3.8) is 0 Å². The van der Waals surface area contributed by atoms with Gasteiger partial charge in [0.1, 0.15) is 0 Å². The lowest BCUT2D eigenvalue weighted by Gasteiger charge is -2.04. The van der Waals surface area contributed by atoms with E-state index in [1.54, 1.807) is 12.1 Å². The Kier molecular flexibility index (Phi) is 2.43. The lowest BCUT2D eigenvalue weighted by molar-refractivity contribution is 0.0520. The van der Waals surface area contributed by atoms with E-state index in [1.807, 2.05) is 6.07 Å². The molecule has 3 nitrogen and oxygen atoms in total. The van der Waals surface area contributed by atoms with E-state index in [2.05, 4.69) is 22.0 Å². The molecule has 1 aromatic carbocycles. The average molecular weight is 307 g/mol. The molecule has 1 aromatic rings. The molecular formula is C8H7INO2P. The van der Waals surface area contributed by atoms with E-state index in [0.717, 1.165) is 5.56 Å². The molecular weight excluding hydrogens is 300 g/mol. The summed E-state index contributed by atoms with van der Waals surface area (Å²) in [7, 11) is 0. The smallest absolute Gasteiger partial charge is 0.339 e. The van der Waals surface area contributed by atoms with E-state index in [1.165, 1.54) is 0 Å². The van der Waals surface area contributed by atoms with Crippen LogP contribution in [0, 0.1) is 0 Å². The second-order valence-corrected chi connectivity index (χ2v) is 5.35. The number of carbonyl (C=O) groups is 1. The largest absolute Gasteiger partial charge is 0.449 e. The summed E-state index contributed by atoms with van der Waals surface area (Å²) in [4.78, 5) is 11.3. The van der Waals surface area contributed by atoms with Crippen LogP contribution in [-0.4, -0.2) is 5.97 Å². The first-order valence-electron chi connectivity index (χ1n) is 3.69. The van der Waals surface area contributed by atoms with Gasteiger partial charge in [-0.3, -0.25) is 0 Å². The number of cyclic esters (lactones) is 1. The molecule has 1 heterocycles. The van der Waals surface area contributed by atoms with Gasteiger partial charge in [-0.1, -0.05) is 28.1 Å². The van der Waals surface area contributed by atoms with Gasteiger partial charge in [0.25, 0.3) is 0 Å². The van der Waals surface area contributed by atoms with E-state index in [-0.39, 0.29) is 11.8 Å². The molecule has 5 heteroatoms. The van der Waals surface area contributed by atoms with Crippen molar-refractivity contribution in [2.45, 2.75) is 5.85 Å². The minimum Gasteiger partial charge on any atom is -0.449 e. The molecule has 2 rings (SSSR count). The van der Waals surface area contributed by atoms with Gasteiger partial charge in [0, 0.05) is 11.3 Å². The van der Waals surface area contributed by atoms with E-state index >= 15 is 0 Å². The maximum absolute atomic E-state index is 11.3. The summed E-state index contributed by atoms with van der Waals surface area (Å²) in [6, 6.07) is 5.34. The van der Waals surface area contributed by atoms with Gasteiger partial charge in [-0.2, -0.15) is 0 Å². The average Bonchev–Trinajstić information content (AvgIpc) is 2.43. The molecule has 0 fully saturated rings. The highest BCUT2D eigenvalue weighted by atomic mass is 127. The number of nitrogens with two attached hydrogens (primary N) is 1. The molecule has 68 valence electrons. The summed E-state index contributed by atoms with van der Waals surface area (Å²) in [6.07, 6.45) is 0.547. The van der Waals surface area contributed by atoms with E-state index < -0.39 is 0 Å². The normalized spacial score (nSPS) is 20.7. The van der Waals surface area contributed by atoms with Gasteiger partial charge in [-0.25, -0.2) is 4.79 Å². The standard InChI is InChI=1S/C8H7INO2P/c9-13-8-5-2-1-4(10)3-6(5)7(11)12-8/h1-3,8,13H,10H2/t8-/m0/s1. The van der Waals surface area contributed by atoms with Crippen molar-refractivity contribution in [1.29, 1.82) is 0 Å². The van der Waals surface area contributed by atoms with Crippen LogP contribution < -0.4 is 5.73 Å². The number of halogens is 1. The number of carbonyl (C=O) groups excluding carboxylic acids is 1. The van der Waals surface area contributed by atoms with Gasteiger partial charge >= 0.3 is 5.97 Å². The molecule has 0 aromatic heterocycles. The van der Waals surface area contributed by atoms with Gasteiger partial charge in [0.05, 0.1) is 5.56 Å². The van der Waals surface area contributed by atoms with Crippen LogP contribution in [0.3, 0.4) is 0 Å². The zero-order chi connectivity index (χ0) is 9.42. The van der Waals surface area contributed by atoms with Crippen molar-refractivity contribution in [2.75, 3.05) is 5.73 Å². The van der Waals surface area contributed by atoms with E-state index in [4.69, 9.17) is 10.5 Å². The Balaban J connectivity index is 2.52. The van der Waals surface area contributed by atoms with Crippen molar-refractivity contribution in [3.8, 4) is 0 Å². The molecule has 0 saturated carbocycles. The van der Waals surface area contributed by atoms with Gasteiger partial charge in [-0.15, -0.1) is 0 Å². The first kappa shape index (κ1) is 9.21. The minimum absolute atomic E-state index is 0.0660. The lowest BCUT2D eigenvalue weighted by atomic mass is 10.1. The predicted molar refractivity (Wildman–Crippen MR) is 61.3 cm³/mol. The lowest BCUT2D eigenvalue weighted by Crippen LogP contribution is -1.95. The Bertz CT molecular complexity index is 369. The van der Waals surface area contributed by atoms with Gasteiger partial charge < -0.3 is 10.5 Å². The molecule has 1 aliphatic rings. The Morgan fingerprint density at radius 2 is 2.31 bits per heavy atom. The number of benzene rings is 1. The topological polar surface area (TPSA) is 52.3 Å². The highest BCUT2D eigenvalue weighted by Crippen LogP contribution is 2.47. The molecule has 0 amide bonds. The molecule has 0 saturated heterocycles. The van der Waals surface area contributed by atoms with Crippen LogP contribution >= 0.6 is 28.3 Å². The fourth-order valence-corrected chi connectivity index (χ4v) is 3.20. The fourth-order valence-electron chi connectivity index (χ4n) is 1.29. The summed E-state index contributed by atoms with van der Waals surface area (Å²) >= 11 is 2.22. The molecule has 1 unspecified atom stereocenters. The van der Waals surface area contributed by atoms with Crippen LogP contribution in [0.25, 0.3) is 0 Å². The summed E-state index contributed by atoms with van der Waals surface area (Å²) in [5.41, 5.74) is 7.76. The summed E-state index contributed by atoms with van der Waals surface area (Å²) in [5.74, 6) is -0.319. The van der Waals surface area contributed by atoms with Gasteiger partial charge in [-0.05, 0) is 18.4 Å². The van der Waals surface area contributed by atoms with Crippen molar-refractivity contribution in [1.82, 2.24) is 0 Å². The van der Waals surface area contributed by atoms with Crippen LogP contribution in [0.2, 0.25) is 0 Å². The molecule has 1 aliphatic heterocycles. The molecule has 0 radical (unpaired) electrons. The van der Waals surface area contributed by atoms with Crippen LogP contribution in [0.15, 0.2) is 18.2 Å². The van der Waals surface area contributed by atoms with Crippen molar-refractivity contribution in [3.05, 3.63) is 29.3 Å². The fraction of sp³-hybridized carbons (Fsp3) is 0.125. The number of anilines is 1. The van der Waals surface area contributed by atoms with Crippen LogP contribution in [-0.2, 0) is 4.74 Å². The SMILES string of the molecule is Nc1ccc2c(c1)C(=O)O[C@H]2PI. The summed E-state index contributed by atoms with van der Waals surface area (Å²) < 4.78 is 5.15. The maximum Gasteiger partial charge on any atom is 0.339 e. The third kappa shape index (κ3) is 1.53. The number of rotatable bonds is 1. The second-order valence-electron chi connectivity index (χ2n) is 2.74. The Morgan fingerprint density at radius 1 is 1.54 bits per heavy atom. The van der Waals surface area contributed by atoms with Crippen molar-refractivity contribution < 1.29 is 9.53 Å². The van der Waals surface area contributed by atoms with Gasteiger partial charge in [0.15, 0.2) is 5.85 Å². The van der Waals surface area contributed by atoms with Crippen LogP contribution in [0.1, 0.15) is 21.8 Å². The molecule has 2 atom stereocenters. The maximum atomic E-state index is 11.3. The summed E-state index contributed by atoms with van der Waals surface area (Å²) in [6.45, 7) is 0. The Hall–Kier alpha value is -0.350. The van der Waals surface area contributed by atoms with Crippen LogP contribution in [0.5, 0.6) is 0 Å². The number of hydrogen-bond donors (Lipinski definition) is 1. The third-order valence-electron chi connectivity index (χ3n) is 1.90. The third-order valence-corrected chi connectivity index (χ3v) is 4.23. The number of fused-ring (bicyclic) bond motifs is 1. The quantitative estimate of drug-likeness (QED) is 0.375. The molecule has 0 aliphatic carbocycles. The zero-order valence-corrected chi connectivity index (χ0v) is 9.74. The molecule has 0 spiro atoms. The predicted octanol–water partition coefficient (Wildman–Crippen LogP) is 2.47. The Morgan fingerprint density at radius 3 is 3.00 bits per heavy atom. The molecule has 0 bridgehead atoms. The van der Waals surface area contributed by atoms with E-state index in [9.17, 15) is 4.79 Å². The highest BCUT2D eigenvalue weighted by molar-refractivity contribution is 14.2. The Labute approximate surface area is 90.3 Å². The van der Waals surface area contributed by atoms with Crippen LogP contribution in [0.4, 0.5) is 5.69 Å². The van der Waals surface area contributed by atoms with Crippen molar-refractivity contribution >= 4 is 39.9 Å². The highest BCUT2D eigenvalue weighted by Gasteiger charge is 2.29. The molecule has 13 heavy (non-hydrogen) atoms. The number of nitrogen functional groups attached to an aromatic ring is 1. The second kappa shape index (κ2) is 3.42. The number of esters is 1. The van der Waals surface area contributed by atoms with E-state index in [0.29, 0.717) is 17.5 Å². The van der Waals surface area contributed by atoms with Gasteiger partial charge in [0.2, 0.25) is 0 Å². The summed E-state index contributed by atoms with van der Waals surface area (Å²) in [5, 5.41) is 0. The monoisotopic (exact) mass is 307 g/mol.